The lowest BCUT2D eigenvalue weighted by atomic mass is 10.1. The Morgan fingerprint density at radius 3 is 2.55 bits per heavy atom. The van der Waals surface area contributed by atoms with E-state index in [1.165, 1.54) is 6.07 Å². The maximum Gasteiger partial charge on any atom is 0.420 e. The maximum atomic E-state index is 13.2. The zero-order valence-electron chi connectivity index (χ0n) is 15.3. The number of rotatable bonds is 4. The van der Waals surface area contributed by atoms with E-state index >= 15 is 0 Å². The number of para-hydroxylation sites is 2. The first-order chi connectivity index (χ1) is 13.8. The molecule has 0 radical (unpaired) electrons. The molecule has 0 saturated carbocycles. The van der Waals surface area contributed by atoms with Crippen molar-refractivity contribution >= 4 is 28.4 Å². The molecule has 2 heterocycles. The van der Waals surface area contributed by atoms with E-state index in [9.17, 15) is 22.8 Å². The van der Waals surface area contributed by atoms with Gasteiger partial charge in [-0.3, -0.25) is 9.36 Å². The first-order valence-corrected chi connectivity index (χ1v) is 9.17. The molecule has 1 aliphatic rings. The molecule has 1 saturated heterocycles. The highest BCUT2D eigenvalue weighted by molar-refractivity contribution is 5.95. The predicted octanol–water partition coefficient (Wildman–Crippen LogP) is 3.85. The van der Waals surface area contributed by atoms with Crippen LogP contribution >= 0.6 is 0 Å². The molecule has 0 atom stereocenters. The topological polar surface area (TPSA) is 67.5 Å². The Hall–Kier alpha value is -3.23. The molecule has 9 heteroatoms. The van der Waals surface area contributed by atoms with Crippen molar-refractivity contribution in [2.24, 2.45) is 0 Å². The van der Waals surface area contributed by atoms with Crippen LogP contribution in [0.1, 0.15) is 18.4 Å². The summed E-state index contributed by atoms with van der Waals surface area (Å²) in [4.78, 5) is 26.6. The van der Waals surface area contributed by atoms with Crippen LogP contribution in [0.4, 0.5) is 24.5 Å². The molecule has 1 N–H and O–H groups in total. The molecule has 6 nitrogen and oxygen atoms in total. The molecule has 1 aromatic heterocycles. The number of fused-ring (bicyclic) bond motifs is 1. The fourth-order valence-corrected chi connectivity index (χ4v) is 3.54. The first kappa shape index (κ1) is 19.1. The van der Waals surface area contributed by atoms with Crippen LogP contribution in [0.3, 0.4) is 0 Å². The number of amides is 1. The molecule has 0 bridgehead atoms. The van der Waals surface area contributed by atoms with Gasteiger partial charge in [-0.1, -0.05) is 12.1 Å². The third-order valence-electron chi connectivity index (χ3n) is 4.92. The Morgan fingerprint density at radius 1 is 1.10 bits per heavy atom. The molecule has 1 aliphatic heterocycles. The third kappa shape index (κ3) is 3.85. The van der Waals surface area contributed by atoms with Gasteiger partial charge in [0.15, 0.2) is 5.58 Å². The molecular weight excluding hydrogens is 387 g/mol. The number of hydrogen-bond acceptors (Lipinski definition) is 4. The van der Waals surface area contributed by atoms with Crippen molar-refractivity contribution in [1.29, 1.82) is 0 Å². The summed E-state index contributed by atoms with van der Waals surface area (Å²) in [7, 11) is 0. The minimum Gasteiger partial charge on any atom is -0.408 e. The Bertz CT molecular complexity index is 1110. The van der Waals surface area contributed by atoms with Gasteiger partial charge >= 0.3 is 11.9 Å². The average molecular weight is 405 g/mol. The second-order valence-electron chi connectivity index (χ2n) is 6.89. The van der Waals surface area contributed by atoms with Crippen molar-refractivity contribution < 1.29 is 22.4 Å². The summed E-state index contributed by atoms with van der Waals surface area (Å²) in [5.74, 6) is -1.32. The van der Waals surface area contributed by atoms with Crippen molar-refractivity contribution in [1.82, 2.24) is 4.57 Å². The van der Waals surface area contributed by atoms with Gasteiger partial charge in [0.25, 0.3) is 0 Å². The average Bonchev–Trinajstić information content (AvgIpc) is 3.30. The molecule has 2 aromatic carbocycles. The Morgan fingerprint density at radius 2 is 1.83 bits per heavy atom. The van der Waals surface area contributed by atoms with E-state index in [-0.39, 0.29) is 12.2 Å². The molecule has 29 heavy (non-hydrogen) atoms. The molecule has 3 aromatic rings. The summed E-state index contributed by atoms with van der Waals surface area (Å²) < 4.78 is 45.7. The molecule has 1 amide bonds. The normalized spacial score (nSPS) is 14.5. The van der Waals surface area contributed by atoms with E-state index in [1.54, 1.807) is 24.3 Å². The van der Waals surface area contributed by atoms with Crippen LogP contribution in [-0.2, 0) is 17.5 Å². The highest BCUT2D eigenvalue weighted by Gasteiger charge is 2.32. The summed E-state index contributed by atoms with van der Waals surface area (Å²) in [6.07, 6.45) is -2.66. The Balaban J connectivity index is 1.64. The number of anilines is 2. The van der Waals surface area contributed by atoms with Crippen LogP contribution in [0, 0.1) is 0 Å². The second-order valence-corrected chi connectivity index (χ2v) is 6.89. The van der Waals surface area contributed by atoms with E-state index in [0.717, 1.165) is 29.5 Å². The van der Waals surface area contributed by atoms with Crippen molar-refractivity contribution in [3.05, 3.63) is 58.6 Å². The number of nitrogens with zero attached hydrogens (tertiary/aromatic N) is 2. The maximum absolute atomic E-state index is 13.2. The smallest absolute Gasteiger partial charge is 0.408 e. The van der Waals surface area contributed by atoms with Crippen LogP contribution in [0.2, 0.25) is 0 Å². The largest absolute Gasteiger partial charge is 0.420 e. The quantitative estimate of drug-likeness (QED) is 0.716. The van der Waals surface area contributed by atoms with Crippen LogP contribution < -0.4 is 16.0 Å². The molecule has 4 rings (SSSR count). The van der Waals surface area contributed by atoms with Crippen LogP contribution in [0.25, 0.3) is 11.1 Å². The van der Waals surface area contributed by atoms with Crippen LogP contribution in [0.15, 0.2) is 51.7 Å². The van der Waals surface area contributed by atoms with Gasteiger partial charge in [-0.2, -0.15) is 13.2 Å². The van der Waals surface area contributed by atoms with Crippen molar-refractivity contribution in [3.63, 3.8) is 0 Å². The standard InChI is InChI=1S/C20H18F3N3O3/c21-20(22,23)13-7-8-15(25-9-3-4-10-25)14(11-13)24-18(27)12-26-16-5-1-2-6-17(16)29-19(26)28/h1-2,5-8,11H,3-4,9-10,12H2,(H,24,27). The molecular formula is C20H18F3N3O3. The van der Waals surface area contributed by atoms with Crippen LogP contribution in [0.5, 0.6) is 0 Å². The lowest BCUT2D eigenvalue weighted by Gasteiger charge is -2.23. The lowest BCUT2D eigenvalue weighted by Crippen LogP contribution is -2.26. The van der Waals surface area contributed by atoms with E-state index in [1.807, 2.05) is 4.90 Å². The minimum absolute atomic E-state index is 0.0765. The molecule has 0 aliphatic carbocycles. The van der Waals surface area contributed by atoms with Crippen molar-refractivity contribution in [2.45, 2.75) is 25.6 Å². The first-order valence-electron chi connectivity index (χ1n) is 9.17. The van der Waals surface area contributed by atoms with Crippen LogP contribution in [-0.4, -0.2) is 23.6 Å². The third-order valence-corrected chi connectivity index (χ3v) is 4.92. The summed E-state index contributed by atoms with van der Waals surface area (Å²) in [6, 6.07) is 9.95. The second kappa shape index (κ2) is 7.31. The Labute approximate surface area is 163 Å². The van der Waals surface area contributed by atoms with Gasteiger partial charge in [0.2, 0.25) is 5.91 Å². The number of alkyl halides is 3. The number of nitrogens with one attached hydrogen (secondary N) is 1. The van der Waals surface area contributed by atoms with Gasteiger partial charge in [-0.15, -0.1) is 0 Å². The molecule has 0 unspecified atom stereocenters. The molecule has 0 spiro atoms. The summed E-state index contributed by atoms with van der Waals surface area (Å²) in [6.45, 7) is 1.05. The van der Waals surface area contributed by atoms with Gasteiger partial charge in [-0.25, -0.2) is 4.79 Å². The number of oxazole rings is 1. The lowest BCUT2D eigenvalue weighted by molar-refractivity contribution is -0.137. The summed E-state index contributed by atoms with van der Waals surface area (Å²) in [5.41, 5.74) is 0.543. The fourth-order valence-electron chi connectivity index (χ4n) is 3.54. The van der Waals surface area contributed by atoms with Gasteiger partial charge in [-0.05, 0) is 43.2 Å². The number of carbonyl (C=O) groups is 1. The number of aromatic nitrogens is 1. The van der Waals surface area contributed by atoms with E-state index in [2.05, 4.69) is 5.32 Å². The fraction of sp³-hybridized carbons (Fsp3) is 0.300. The number of benzene rings is 2. The van der Waals surface area contributed by atoms with Gasteiger partial charge in [0.05, 0.1) is 22.5 Å². The number of halogens is 3. The highest BCUT2D eigenvalue weighted by Crippen LogP contribution is 2.36. The zero-order valence-corrected chi connectivity index (χ0v) is 15.3. The van der Waals surface area contributed by atoms with E-state index < -0.39 is 23.4 Å². The predicted molar refractivity (Wildman–Crippen MR) is 102 cm³/mol. The monoisotopic (exact) mass is 405 g/mol. The SMILES string of the molecule is O=C(Cn1c(=O)oc2ccccc21)Nc1cc(C(F)(F)F)ccc1N1CCCC1. The Kier molecular flexibility index (Phi) is 4.81. The van der Waals surface area contributed by atoms with E-state index in [4.69, 9.17) is 4.42 Å². The number of carbonyl (C=O) groups excluding carboxylic acids is 1. The zero-order chi connectivity index (χ0) is 20.6. The summed E-state index contributed by atoms with van der Waals surface area (Å²) in [5, 5.41) is 2.55. The van der Waals surface area contributed by atoms with Gasteiger partial charge in [0.1, 0.15) is 6.54 Å². The van der Waals surface area contributed by atoms with Gasteiger partial charge < -0.3 is 14.6 Å². The minimum atomic E-state index is -4.53. The van der Waals surface area contributed by atoms with Gasteiger partial charge in [0, 0.05) is 13.1 Å². The van der Waals surface area contributed by atoms with Crippen molar-refractivity contribution in [2.75, 3.05) is 23.3 Å². The summed E-state index contributed by atoms with van der Waals surface area (Å²) >= 11 is 0. The number of hydrogen-bond donors (Lipinski definition) is 1. The highest BCUT2D eigenvalue weighted by atomic mass is 19.4. The molecule has 1 fully saturated rings. The van der Waals surface area contributed by atoms with E-state index in [0.29, 0.717) is 29.9 Å². The van der Waals surface area contributed by atoms with Crippen molar-refractivity contribution in [3.8, 4) is 0 Å². The molecule has 152 valence electrons.